The van der Waals surface area contributed by atoms with Gasteiger partial charge in [0.2, 0.25) is 5.83 Å². The standard InChI is InChI=1S/C26H27FO7/c1-18(2)24(28)33-22-12-14-23(15-13-22)34-26(30)20-8-10-21(11-9-20)31-16-6-4-5-7-17-32-25(29)19(3)27/h8-15H,1,3-7,16-17H2,2H3. The summed E-state index contributed by atoms with van der Waals surface area (Å²) in [6.45, 7) is 8.59. The predicted molar refractivity (Wildman–Crippen MR) is 123 cm³/mol. The average molecular weight is 470 g/mol. The second-order valence-corrected chi connectivity index (χ2v) is 7.36. The maximum Gasteiger partial charge on any atom is 0.366 e. The van der Waals surface area contributed by atoms with Gasteiger partial charge in [0.1, 0.15) is 17.2 Å². The Bertz CT molecular complexity index is 1010. The van der Waals surface area contributed by atoms with E-state index in [2.05, 4.69) is 17.9 Å². The number of unbranched alkanes of at least 4 members (excludes halogenated alkanes) is 3. The summed E-state index contributed by atoms with van der Waals surface area (Å²) in [5.41, 5.74) is 0.640. The van der Waals surface area contributed by atoms with Gasteiger partial charge in [0.25, 0.3) is 0 Å². The van der Waals surface area contributed by atoms with Gasteiger partial charge in [0.05, 0.1) is 18.8 Å². The van der Waals surface area contributed by atoms with Crippen LogP contribution in [0.15, 0.2) is 73.1 Å². The molecule has 0 bridgehead atoms. The maximum atomic E-state index is 12.4. The van der Waals surface area contributed by atoms with E-state index in [9.17, 15) is 18.8 Å². The van der Waals surface area contributed by atoms with E-state index in [1.165, 1.54) is 24.3 Å². The third-order valence-electron chi connectivity index (χ3n) is 4.45. The fourth-order valence-corrected chi connectivity index (χ4v) is 2.61. The molecule has 0 aromatic heterocycles. The van der Waals surface area contributed by atoms with Crippen molar-refractivity contribution in [2.45, 2.75) is 32.6 Å². The van der Waals surface area contributed by atoms with Crippen LogP contribution in [0.1, 0.15) is 43.0 Å². The maximum absolute atomic E-state index is 12.4. The molecular formula is C26H27FO7. The minimum atomic E-state index is -1.09. The van der Waals surface area contributed by atoms with Crippen molar-refractivity contribution in [3.8, 4) is 17.2 Å². The van der Waals surface area contributed by atoms with Gasteiger partial charge < -0.3 is 18.9 Å². The minimum Gasteiger partial charge on any atom is -0.494 e. The lowest BCUT2D eigenvalue weighted by Crippen LogP contribution is -2.09. The monoisotopic (exact) mass is 470 g/mol. The fraction of sp³-hybridized carbons (Fsp3) is 0.269. The largest absolute Gasteiger partial charge is 0.494 e. The summed E-state index contributed by atoms with van der Waals surface area (Å²) in [5, 5.41) is 0. The number of benzene rings is 2. The molecule has 0 saturated heterocycles. The number of carbonyl (C=O) groups is 3. The quantitative estimate of drug-likeness (QED) is 0.169. The predicted octanol–water partition coefficient (Wildman–Crippen LogP) is 5.35. The smallest absolute Gasteiger partial charge is 0.366 e. The van der Waals surface area contributed by atoms with Gasteiger partial charge in [-0.3, -0.25) is 0 Å². The molecule has 0 radical (unpaired) electrons. The molecule has 2 rings (SSSR count). The molecule has 8 heteroatoms. The number of esters is 3. The van der Waals surface area contributed by atoms with Gasteiger partial charge in [0, 0.05) is 5.57 Å². The molecule has 2 aromatic carbocycles. The lowest BCUT2D eigenvalue weighted by molar-refractivity contribution is -0.140. The topological polar surface area (TPSA) is 88.1 Å². The summed E-state index contributed by atoms with van der Waals surface area (Å²) in [6.07, 6.45) is 3.12. The van der Waals surface area contributed by atoms with Crippen LogP contribution in [-0.4, -0.2) is 31.1 Å². The van der Waals surface area contributed by atoms with Crippen LogP contribution in [0, 0.1) is 0 Å². The molecule has 0 unspecified atom stereocenters. The molecule has 0 aliphatic heterocycles. The van der Waals surface area contributed by atoms with Gasteiger partial charge in [-0.25, -0.2) is 14.4 Å². The first-order valence-corrected chi connectivity index (χ1v) is 10.7. The average Bonchev–Trinajstić information content (AvgIpc) is 2.82. The van der Waals surface area contributed by atoms with Crippen molar-refractivity contribution in [3.63, 3.8) is 0 Å². The second-order valence-electron chi connectivity index (χ2n) is 7.36. The van der Waals surface area contributed by atoms with Crippen LogP contribution in [-0.2, 0) is 14.3 Å². The molecule has 0 spiro atoms. The molecule has 0 amide bonds. The first-order valence-electron chi connectivity index (χ1n) is 10.7. The van der Waals surface area contributed by atoms with Crippen LogP contribution in [0.3, 0.4) is 0 Å². The zero-order valence-electron chi connectivity index (χ0n) is 19.0. The zero-order valence-corrected chi connectivity index (χ0v) is 19.0. The van der Waals surface area contributed by atoms with Gasteiger partial charge in [-0.15, -0.1) is 0 Å². The Hall–Kier alpha value is -3.94. The van der Waals surface area contributed by atoms with Crippen molar-refractivity contribution in [1.82, 2.24) is 0 Å². The van der Waals surface area contributed by atoms with E-state index in [0.29, 0.717) is 35.8 Å². The Kier molecular flexibility index (Phi) is 10.5. The fourth-order valence-electron chi connectivity index (χ4n) is 2.61. The minimum absolute atomic E-state index is 0.160. The molecule has 34 heavy (non-hydrogen) atoms. The number of ether oxygens (including phenoxy) is 4. The number of carbonyl (C=O) groups excluding carboxylic acids is 3. The Morgan fingerprint density at radius 3 is 1.82 bits per heavy atom. The molecule has 0 aliphatic rings. The van der Waals surface area contributed by atoms with Crippen molar-refractivity contribution in [3.05, 3.63) is 78.7 Å². The summed E-state index contributed by atoms with van der Waals surface area (Å²) < 4.78 is 33.2. The van der Waals surface area contributed by atoms with Crippen LogP contribution in [0.4, 0.5) is 4.39 Å². The molecule has 180 valence electrons. The summed E-state index contributed by atoms with van der Waals surface area (Å²) in [5.74, 6) is -1.92. The van der Waals surface area contributed by atoms with Crippen LogP contribution in [0.25, 0.3) is 0 Å². The third kappa shape index (κ3) is 9.28. The highest BCUT2D eigenvalue weighted by atomic mass is 19.1. The number of rotatable bonds is 13. The van der Waals surface area contributed by atoms with Gasteiger partial charge in [-0.1, -0.05) is 13.2 Å². The summed E-state index contributed by atoms with van der Waals surface area (Å²) in [7, 11) is 0. The van der Waals surface area contributed by atoms with E-state index in [1.54, 1.807) is 31.2 Å². The zero-order chi connectivity index (χ0) is 24.9. The summed E-state index contributed by atoms with van der Waals surface area (Å²) in [6, 6.07) is 12.7. The highest BCUT2D eigenvalue weighted by Crippen LogP contribution is 2.20. The molecule has 0 N–H and O–H groups in total. The second kappa shape index (κ2) is 13.6. The highest BCUT2D eigenvalue weighted by molar-refractivity contribution is 5.91. The van der Waals surface area contributed by atoms with E-state index in [4.69, 9.17) is 14.2 Å². The van der Waals surface area contributed by atoms with Crippen molar-refractivity contribution in [2.75, 3.05) is 13.2 Å². The Morgan fingerprint density at radius 2 is 1.26 bits per heavy atom. The van der Waals surface area contributed by atoms with E-state index in [0.717, 1.165) is 19.3 Å². The number of halogens is 1. The van der Waals surface area contributed by atoms with Crippen LogP contribution in [0.2, 0.25) is 0 Å². The molecular weight excluding hydrogens is 443 g/mol. The molecule has 0 atom stereocenters. The number of hydrogen-bond acceptors (Lipinski definition) is 7. The lowest BCUT2D eigenvalue weighted by Gasteiger charge is -2.08. The highest BCUT2D eigenvalue weighted by Gasteiger charge is 2.10. The normalized spacial score (nSPS) is 10.2. The Balaban J connectivity index is 1.68. The Labute approximate surface area is 197 Å². The Morgan fingerprint density at radius 1 is 0.735 bits per heavy atom. The first kappa shape index (κ1) is 26.3. The lowest BCUT2D eigenvalue weighted by atomic mass is 10.2. The van der Waals surface area contributed by atoms with E-state index in [-0.39, 0.29) is 12.2 Å². The van der Waals surface area contributed by atoms with E-state index < -0.39 is 23.7 Å². The molecule has 7 nitrogen and oxygen atoms in total. The van der Waals surface area contributed by atoms with Crippen molar-refractivity contribution >= 4 is 17.9 Å². The van der Waals surface area contributed by atoms with Crippen LogP contribution < -0.4 is 14.2 Å². The summed E-state index contributed by atoms with van der Waals surface area (Å²) >= 11 is 0. The van der Waals surface area contributed by atoms with Crippen LogP contribution in [0.5, 0.6) is 17.2 Å². The SMILES string of the molecule is C=C(C)C(=O)Oc1ccc(OC(=O)c2ccc(OCCCCCCOC(=O)C(=C)F)cc2)cc1. The van der Waals surface area contributed by atoms with Gasteiger partial charge in [-0.2, -0.15) is 4.39 Å². The van der Waals surface area contributed by atoms with Gasteiger partial charge in [0.15, 0.2) is 0 Å². The van der Waals surface area contributed by atoms with Crippen molar-refractivity contribution in [2.24, 2.45) is 0 Å². The van der Waals surface area contributed by atoms with E-state index in [1.807, 2.05) is 0 Å². The number of hydrogen-bond donors (Lipinski definition) is 0. The van der Waals surface area contributed by atoms with Crippen LogP contribution >= 0.6 is 0 Å². The van der Waals surface area contributed by atoms with Crippen molar-refractivity contribution in [1.29, 1.82) is 0 Å². The van der Waals surface area contributed by atoms with Gasteiger partial charge >= 0.3 is 17.9 Å². The summed E-state index contributed by atoms with van der Waals surface area (Å²) in [4.78, 5) is 34.7. The third-order valence-corrected chi connectivity index (χ3v) is 4.45. The first-order chi connectivity index (χ1) is 16.3. The van der Waals surface area contributed by atoms with Crippen molar-refractivity contribution < 1.29 is 37.7 Å². The molecule has 0 aliphatic carbocycles. The molecule has 2 aromatic rings. The van der Waals surface area contributed by atoms with Gasteiger partial charge in [-0.05, 0) is 81.1 Å². The molecule has 0 fully saturated rings. The van der Waals surface area contributed by atoms with E-state index >= 15 is 0 Å². The molecule has 0 saturated carbocycles. The molecule has 0 heterocycles.